The first kappa shape index (κ1) is 7.71. The molecule has 1 saturated carbocycles. The van der Waals surface area contributed by atoms with Gasteiger partial charge in [-0.05, 0) is 24.8 Å². The molecule has 12 heavy (non-hydrogen) atoms. The molecule has 0 heterocycles. The van der Waals surface area contributed by atoms with Crippen LogP contribution in [0.4, 0.5) is 0 Å². The predicted octanol–water partition coefficient (Wildman–Crippen LogP) is 1.50. The SMILES string of the molecule is O=CC12C=CC(=O)CC1CCC2. The van der Waals surface area contributed by atoms with Gasteiger partial charge < -0.3 is 4.79 Å². The van der Waals surface area contributed by atoms with Gasteiger partial charge in [0.1, 0.15) is 6.29 Å². The van der Waals surface area contributed by atoms with Gasteiger partial charge in [0.15, 0.2) is 5.78 Å². The number of fused-ring (bicyclic) bond motifs is 1. The average molecular weight is 164 g/mol. The molecule has 2 rings (SSSR count). The minimum atomic E-state index is -0.270. The maximum atomic E-state index is 11.1. The quantitative estimate of drug-likeness (QED) is 0.550. The summed E-state index contributed by atoms with van der Waals surface area (Å²) in [7, 11) is 0. The molecule has 1 fully saturated rings. The molecule has 0 N–H and O–H groups in total. The van der Waals surface area contributed by atoms with Gasteiger partial charge in [0.05, 0.1) is 0 Å². The number of aldehydes is 1. The number of hydrogen-bond donors (Lipinski definition) is 0. The maximum absolute atomic E-state index is 11.1. The molecule has 2 nitrogen and oxygen atoms in total. The smallest absolute Gasteiger partial charge is 0.155 e. The lowest BCUT2D eigenvalue weighted by atomic mass is 9.73. The lowest BCUT2D eigenvalue weighted by molar-refractivity contribution is -0.120. The molecule has 0 spiro atoms. The Balaban J connectivity index is 2.34. The molecule has 0 amide bonds. The first-order chi connectivity index (χ1) is 5.77. The molecule has 0 aromatic rings. The van der Waals surface area contributed by atoms with Crippen molar-refractivity contribution in [1.29, 1.82) is 0 Å². The Morgan fingerprint density at radius 2 is 2.42 bits per heavy atom. The fraction of sp³-hybridized carbons (Fsp3) is 0.600. The van der Waals surface area contributed by atoms with Gasteiger partial charge >= 0.3 is 0 Å². The summed E-state index contributed by atoms with van der Waals surface area (Å²) < 4.78 is 0. The van der Waals surface area contributed by atoms with E-state index in [9.17, 15) is 9.59 Å². The van der Waals surface area contributed by atoms with Crippen LogP contribution >= 0.6 is 0 Å². The summed E-state index contributed by atoms with van der Waals surface area (Å²) in [5.41, 5.74) is -0.270. The third-order valence-corrected chi connectivity index (χ3v) is 3.17. The number of allylic oxidation sites excluding steroid dienone is 2. The fourth-order valence-corrected chi connectivity index (χ4v) is 2.39. The molecule has 0 aromatic carbocycles. The van der Waals surface area contributed by atoms with Crippen LogP contribution in [0.1, 0.15) is 25.7 Å². The Labute approximate surface area is 71.6 Å². The van der Waals surface area contributed by atoms with Crippen LogP contribution in [0.3, 0.4) is 0 Å². The zero-order valence-corrected chi connectivity index (χ0v) is 6.95. The maximum Gasteiger partial charge on any atom is 0.155 e. The summed E-state index contributed by atoms with van der Waals surface area (Å²) >= 11 is 0. The van der Waals surface area contributed by atoms with Gasteiger partial charge in [-0.3, -0.25) is 4.79 Å². The van der Waals surface area contributed by atoms with Gasteiger partial charge in [-0.15, -0.1) is 0 Å². The standard InChI is InChI=1S/C10H12O2/c11-7-10-4-1-2-8(10)6-9(12)3-5-10/h3,5,7-8H,1-2,4,6H2. The Morgan fingerprint density at radius 1 is 1.58 bits per heavy atom. The van der Waals surface area contributed by atoms with E-state index >= 15 is 0 Å². The molecule has 0 saturated heterocycles. The predicted molar refractivity (Wildman–Crippen MR) is 44.6 cm³/mol. The van der Waals surface area contributed by atoms with E-state index in [0.717, 1.165) is 25.5 Å². The number of carbonyl (C=O) groups excluding carboxylic acids is 2. The summed E-state index contributed by atoms with van der Waals surface area (Å²) in [6.45, 7) is 0. The van der Waals surface area contributed by atoms with E-state index < -0.39 is 0 Å². The van der Waals surface area contributed by atoms with Gasteiger partial charge in [0.2, 0.25) is 0 Å². The fourth-order valence-electron chi connectivity index (χ4n) is 2.39. The second-order valence-corrected chi connectivity index (χ2v) is 3.82. The van der Waals surface area contributed by atoms with Crippen LogP contribution in [0.5, 0.6) is 0 Å². The van der Waals surface area contributed by atoms with Crippen molar-refractivity contribution < 1.29 is 9.59 Å². The third kappa shape index (κ3) is 0.942. The van der Waals surface area contributed by atoms with E-state index in [2.05, 4.69) is 0 Å². The molecule has 2 heteroatoms. The molecule has 0 radical (unpaired) electrons. The first-order valence-electron chi connectivity index (χ1n) is 4.45. The molecule has 64 valence electrons. The summed E-state index contributed by atoms with van der Waals surface area (Å²) in [5.74, 6) is 0.479. The number of rotatable bonds is 1. The lowest BCUT2D eigenvalue weighted by Gasteiger charge is -2.28. The Morgan fingerprint density at radius 3 is 3.17 bits per heavy atom. The van der Waals surface area contributed by atoms with Crippen molar-refractivity contribution in [2.75, 3.05) is 0 Å². The zero-order chi connectivity index (χ0) is 8.60. The van der Waals surface area contributed by atoms with Gasteiger partial charge in [-0.25, -0.2) is 0 Å². The van der Waals surface area contributed by atoms with Crippen LogP contribution in [-0.4, -0.2) is 12.1 Å². The van der Waals surface area contributed by atoms with Gasteiger partial charge in [0, 0.05) is 11.8 Å². The number of hydrogen-bond acceptors (Lipinski definition) is 2. The highest BCUT2D eigenvalue weighted by molar-refractivity contribution is 5.92. The van der Waals surface area contributed by atoms with Crippen LogP contribution < -0.4 is 0 Å². The topological polar surface area (TPSA) is 34.1 Å². The van der Waals surface area contributed by atoms with Gasteiger partial charge in [0.25, 0.3) is 0 Å². The zero-order valence-electron chi connectivity index (χ0n) is 6.95. The van der Waals surface area contributed by atoms with E-state index in [1.54, 1.807) is 6.08 Å². The van der Waals surface area contributed by atoms with Crippen molar-refractivity contribution in [3.8, 4) is 0 Å². The summed E-state index contributed by atoms with van der Waals surface area (Å²) in [6.07, 6.45) is 8.07. The van der Waals surface area contributed by atoms with Crippen molar-refractivity contribution in [2.24, 2.45) is 11.3 Å². The Hall–Kier alpha value is -0.920. The molecular weight excluding hydrogens is 152 g/mol. The van der Waals surface area contributed by atoms with Crippen LogP contribution in [0.2, 0.25) is 0 Å². The minimum absolute atomic E-state index is 0.180. The Bertz CT molecular complexity index is 255. The van der Waals surface area contributed by atoms with Crippen LogP contribution in [0.25, 0.3) is 0 Å². The summed E-state index contributed by atoms with van der Waals surface area (Å²) in [5, 5.41) is 0. The van der Waals surface area contributed by atoms with Crippen LogP contribution in [0.15, 0.2) is 12.2 Å². The molecule has 2 atom stereocenters. The van der Waals surface area contributed by atoms with E-state index in [-0.39, 0.29) is 11.2 Å². The molecule has 2 aliphatic carbocycles. The molecule has 0 aromatic heterocycles. The van der Waals surface area contributed by atoms with Crippen molar-refractivity contribution >= 4 is 12.1 Å². The van der Waals surface area contributed by atoms with Crippen LogP contribution in [-0.2, 0) is 9.59 Å². The molecule has 2 aliphatic rings. The molecule has 0 aliphatic heterocycles. The number of ketones is 1. The second kappa shape index (κ2) is 2.54. The van der Waals surface area contributed by atoms with E-state index in [4.69, 9.17) is 0 Å². The van der Waals surface area contributed by atoms with Crippen molar-refractivity contribution in [1.82, 2.24) is 0 Å². The largest absolute Gasteiger partial charge is 0.302 e. The van der Waals surface area contributed by atoms with Crippen molar-refractivity contribution in [3.63, 3.8) is 0 Å². The molecule has 0 bridgehead atoms. The Kier molecular flexibility index (Phi) is 1.63. The van der Waals surface area contributed by atoms with E-state index in [0.29, 0.717) is 12.3 Å². The summed E-state index contributed by atoms with van der Waals surface area (Å²) in [4.78, 5) is 22.0. The average Bonchev–Trinajstić information content (AvgIpc) is 2.48. The molecule has 2 unspecified atom stereocenters. The highest BCUT2D eigenvalue weighted by Gasteiger charge is 2.43. The summed E-state index contributed by atoms with van der Waals surface area (Å²) in [6, 6.07) is 0. The highest BCUT2D eigenvalue weighted by Crippen LogP contribution is 2.46. The highest BCUT2D eigenvalue weighted by atomic mass is 16.1. The van der Waals surface area contributed by atoms with Crippen molar-refractivity contribution in [3.05, 3.63) is 12.2 Å². The lowest BCUT2D eigenvalue weighted by Crippen LogP contribution is -2.30. The van der Waals surface area contributed by atoms with E-state index in [1.165, 1.54) is 0 Å². The first-order valence-corrected chi connectivity index (χ1v) is 4.45. The third-order valence-electron chi connectivity index (χ3n) is 3.17. The normalized spacial score (nSPS) is 39.7. The van der Waals surface area contributed by atoms with Gasteiger partial charge in [-0.1, -0.05) is 12.5 Å². The minimum Gasteiger partial charge on any atom is -0.302 e. The van der Waals surface area contributed by atoms with Crippen molar-refractivity contribution in [2.45, 2.75) is 25.7 Å². The van der Waals surface area contributed by atoms with E-state index in [1.807, 2.05) is 6.08 Å². The van der Waals surface area contributed by atoms with Crippen LogP contribution in [0, 0.1) is 11.3 Å². The van der Waals surface area contributed by atoms with Gasteiger partial charge in [-0.2, -0.15) is 0 Å². The molecular formula is C10H12O2. The number of carbonyl (C=O) groups is 2. The monoisotopic (exact) mass is 164 g/mol. The second-order valence-electron chi connectivity index (χ2n) is 3.82.